The number of hydrogen-bond donors (Lipinski definition) is 5. The highest BCUT2D eigenvalue weighted by atomic mass is 32.1. The van der Waals surface area contributed by atoms with Crippen molar-refractivity contribution in [2.75, 3.05) is 64.7 Å². The van der Waals surface area contributed by atoms with Crippen molar-refractivity contribution < 1.29 is 52.0 Å². The average Bonchev–Trinajstić information content (AvgIpc) is 4.26. The molecule has 85 heavy (non-hydrogen) atoms. The van der Waals surface area contributed by atoms with Gasteiger partial charge in [0.05, 0.1) is 55.2 Å². The number of unbranched alkanes of at least 4 members (excludes halogenated alkanes) is 5. The lowest BCUT2D eigenvalue weighted by atomic mass is 9.85. The Morgan fingerprint density at radius 2 is 1.41 bits per heavy atom. The number of halogens is 2. The maximum absolute atomic E-state index is 14.1. The van der Waals surface area contributed by atoms with E-state index in [1.54, 1.807) is 41.8 Å². The first kappa shape index (κ1) is 65.4. The van der Waals surface area contributed by atoms with Gasteiger partial charge in [0, 0.05) is 88.5 Å². The maximum atomic E-state index is 14.1. The van der Waals surface area contributed by atoms with Crippen LogP contribution in [0.5, 0.6) is 0 Å². The number of likely N-dealkylation sites (tertiary alicyclic amines) is 1. The topological polar surface area (TPSA) is 246 Å². The van der Waals surface area contributed by atoms with Gasteiger partial charge in [-0.15, -0.1) is 21.5 Å². The Balaban J connectivity index is 0.676. The largest absolute Gasteiger partial charge is 0.391 e. The fourth-order valence-corrected chi connectivity index (χ4v) is 10.5. The lowest BCUT2D eigenvalue weighted by Crippen LogP contribution is -2.57. The first-order valence-electron chi connectivity index (χ1n) is 29.3. The van der Waals surface area contributed by atoms with Crippen molar-refractivity contribution in [3.8, 4) is 22.0 Å². The van der Waals surface area contributed by atoms with Crippen LogP contribution in [0.1, 0.15) is 118 Å². The van der Waals surface area contributed by atoms with Crippen molar-refractivity contribution in [2.45, 2.75) is 136 Å². The molecule has 0 spiro atoms. The van der Waals surface area contributed by atoms with Crippen molar-refractivity contribution in [2.24, 2.45) is 5.41 Å². The predicted octanol–water partition coefficient (Wildman–Crippen LogP) is 8.37. The monoisotopic (exact) mass is 1190 g/mol. The Hall–Kier alpha value is -7.15. The van der Waals surface area contributed by atoms with Crippen LogP contribution < -0.4 is 21.3 Å². The average molecular weight is 1190 g/mol. The maximum Gasteiger partial charge on any atom is 0.251 e. The molecule has 3 atom stereocenters. The molecule has 1 unspecified atom stereocenters. The number of carbonyl (C=O) groups is 4. The molecule has 1 aliphatic rings. The number of thiazole rings is 1. The van der Waals surface area contributed by atoms with Crippen LogP contribution in [0.3, 0.4) is 0 Å². The fraction of sp³-hybridized carbons (Fsp3) is 0.500. The second-order valence-electron chi connectivity index (χ2n) is 22.0. The van der Waals surface area contributed by atoms with Crippen LogP contribution in [-0.4, -0.2) is 141 Å². The van der Waals surface area contributed by atoms with E-state index in [1.807, 2.05) is 68.1 Å². The molecule has 5 N–H and O–H groups in total. The normalized spacial score (nSPS) is 14.6. The number of aliphatic hydroxyl groups excluding tert-OH is 1. The number of anilines is 1. The molecule has 23 heteroatoms. The Labute approximate surface area is 500 Å². The SMILES string of the molecule is Cc1ncsc1-c1ccc(CNC(=O)C2C[C@@H](O)CN2C(=O)[C@@H](NC(=O)CCCCCOCCOCCOCCCCCCOCCCn2c(CNc3cccc(C(=O)NCc4c(F)cccc4F)c3)nnc2-c2ccncn2)C(C)(C)C)cc1. The molecule has 1 aliphatic heterocycles. The van der Waals surface area contributed by atoms with Crippen molar-refractivity contribution in [1.82, 2.24) is 50.6 Å². The van der Waals surface area contributed by atoms with Crippen molar-refractivity contribution in [1.29, 1.82) is 0 Å². The summed E-state index contributed by atoms with van der Waals surface area (Å²) >= 11 is 1.58. The Morgan fingerprint density at radius 3 is 2.07 bits per heavy atom. The summed E-state index contributed by atoms with van der Waals surface area (Å²) in [6.45, 7) is 12.8. The Morgan fingerprint density at radius 1 is 0.753 bits per heavy atom. The first-order valence-corrected chi connectivity index (χ1v) is 30.1. The molecule has 0 radical (unpaired) electrons. The van der Waals surface area contributed by atoms with Crippen LogP contribution in [0.2, 0.25) is 0 Å². The summed E-state index contributed by atoms with van der Waals surface area (Å²) in [6.07, 6.45) is 9.45. The van der Waals surface area contributed by atoms with E-state index in [-0.39, 0.29) is 55.8 Å². The molecule has 6 aromatic rings. The van der Waals surface area contributed by atoms with Crippen LogP contribution >= 0.6 is 11.3 Å². The third-order valence-electron chi connectivity index (χ3n) is 14.3. The number of aryl methyl sites for hydroxylation is 1. The van der Waals surface area contributed by atoms with E-state index in [1.165, 1.54) is 17.3 Å². The second-order valence-corrected chi connectivity index (χ2v) is 22.8. The summed E-state index contributed by atoms with van der Waals surface area (Å²) in [5.41, 5.74) is 5.50. The zero-order chi connectivity index (χ0) is 60.4. The summed E-state index contributed by atoms with van der Waals surface area (Å²) in [5.74, 6) is -1.64. The smallest absolute Gasteiger partial charge is 0.251 e. The number of carbonyl (C=O) groups excluding carboxylic acids is 4. The molecule has 4 amide bonds. The van der Waals surface area contributed by atoms with E-state index >= 15 is 0 Å². The van der Waals surface area contributed by atoms with Gasteiger partial charge in [0.1, 0.15) is 35.7 Å². The highest BCUT2D eigenvalue weighted by molar-refractivity contribution is 7.13. The summed E-state index contributed by atoms with van der Waals surface area (Å²) in [6, 6.07) is 18.3. The molecule has 0 aliphatic carbocycles. The van der Waals surface area contributed by atoms with E-state index in [0.29, 0.717) is 107 Å². The molecule has 458 valence electrons. The molecule has 4 heterocycles. The number of hydrogen-bond acceptors (Lipinski definition) is 16. The minimum atomic E-state index is -0.879. The van der Waals surface area contributed by atoms with Crippen LogP contribution in [-0.2, 0) is 59.5 Å². The Bertz CT molecular complexity index is 3020. The first-order chi connectivity index (χ1) is 41.2. The standard InChI is InChI=1S/C62H81F2N11O9S/c1-43-56(85-42-70-43)45-22-20-44(21-23-45)37-67-60(79)53-36-48(76)40-75(53)61(80)57(62(2,3)4)71-55(77)19-8-7-11-29-83-32-34-84-33-31-82-28-10-6-5-9-27-81-30-14-26-74-54(72-73-58(74)52-24-25-65-41-69-52)39-66-47-16-12-15-46(35-47)59(78)68-38-49-50(63)17-13-18-51(49)64/h12-13,15-18,20-25,35,41-42,48,53,57,66,76H,5-11,14,19,26-34,36-40H2,1-4H3,(H,67,79)(H,68,78)(H,71,77)/t48-,53?,57-/m1/s1. The number of nitrogens with one attached hydrogen (secondary N) is 4. The number of nitrogens with zero attached hydrogens (tertiary/aromatic N) is 7. The molecule has 7 rings (SSSR count). The second kappa shape index (κ2) is 34.1. The van der Waals surface area contributed by atoms with Gasteiger partial charge in [0.25, 0.3) is 5.91 Å². The van der Waals surface area contributed by atoms with Gasteiger partial charge in [0.2, 0.25) is 17.7 Å². The van der Waals surface area contributed by atoms with E-state index in [9.17, 15) is 33.1 Å². The quantitative estimate of drug-likeness (QED) is 0.0232. The zero-order valence-electron chi connectivity index (χ0n) is 49.2. The van der Waals surface area contributed by atoms with Crippen molar-refractivity contribution >= 4 is 40.7 Å². The van der Waals surface area contributed by atoms with Crippen LogP contribution in [0, 0.1) is 24.0 Å². The molecule has 0 saturated carbocycles. The number of aromatic nitrogens is 6. The summed E-state index contributed by atoms with van der Waals surface area (Å²) in [4.78, 5) is 68.7. The molecule has 1 fully saturated rings. The number of rotatable bonds is 36. The van der Waals surface area contributed by atoms with E-state index in [4.69, 9.17) is 18.9 Å². The number of benzene rings is 3. The summed E-state index contributed by atoms with van der Waals surface area (Å²) in [5, 5.41) is 31.2. The van der Waals surface area contributed by atoms with Gasteiger partial charge in [-0.3, -0.25) is 19.2 Å². The van der Waals surface area contributed by atoms with Gasteiger partial charge >= 0.3 is 0 Å². The fourth-order valence-electron chi connectivity index (χ4n) is 9.65. The van der Waals surface area contributed by atoms with Crippen LogP contribution in [0.4, 0.5) is 14.5 Å². The number of β-amino-alcohol motifs (C(OH)–C–C–N with tert-alkyl or cyclic N) is 1. The minimum absolute atomic E-state index is 0.0144. The third-order valence-corrected chi connectivity index (χ3v) is 15.3. The molecule has 3 aromatic carbocycles. The van der Waals surface area contributed by atoms with Crippen LogP contribution in [0.25, 0.3) is 22.0 Å². The van der Waals surface area contributed by atoms with E-state index in [0.717, 1.165) is 72.4 Å². The third kappa shape index (κ3) is 20.8. The van der Waals surface area contributed by atoms with E-state index in [2.05, 4.69) is 46.4 Å². The number of ether oxygens (including phenoxy) is 4. The Kier molecular flexibility index (Phi) is 26.2. The summed E-state index contributed by atoms with van der Waals surface area (Å²) < 4.78 is 53.3. The molecule has 0 bridgehead atoms. The van der Waals surface area contributed by atoms with Gasteiger partial charge in [-0.1, -0.05) is 76.4 Å². The predicted molar refractivity (Wildman–Crippen MR) is 319 cm³/mol. The highest BCUT2D eigenvalue weighted by Gasteiger charge is 2.44. The van der Waals surface area contributed by atoms with Gasteiger partial charge in [-0.25, -0.2) is 23.7 Å². The van der Waals surface area contributed by atoms with Crippen LogP contribution in [0.15, 0.2) is 90.8 Å². The lowest BCUT2D eigenvalue weighted by Gasteiger charge is -2.35. The number of amides is 4. The number of aliphatic hydroxyl groups is 1. The van der Waals surface area contributed by atoms with Crippen molar-refractivity contribution in [3.05, 3.63) is 131 Å². The van der Waals surface area contributed by atoms with Gasteiger partial charge < -0.3 is 54.8 Å². The van der Waals surface area contributed by atoms with E-state index < -0.39 is 41.1 Å². The van der Waals surface area contributed by atoms with Gasteiger partial charge in [-0.05, 0) is 92.0 Å². The lowest BCUT2D eigenvalue weighted by molar-refractivity contribution is -0.144. The minimum Gasteiger partial charge on any atom is -0.391 e. The summed E-state index contributed by atoms with van der Waals surface area (Å²) in [7, 11) is 0. The molecular formula is C62H81F2N11O9S. The van der Waals surface area contributed by atoms with Gasteiger partial charge in [0.15, 0.2) is 11.6 Å². The van der Waals surface area contributed by atoms with Gasteiger partial charge in [-0.2, -0.15) is 0 Å². The molecule has 3 aromatic heterocycles. The molecular weight excluding hydrogens is 1110 g/mol. The molecule has 20 nitrogen and oxygen atoms in total. The van der Waals surface area contributed by atoms with Crippen molar-refractivity contribution in [3.63, 3.8) is 0 Å². The zero-order valence-corrected chi connectivity index (χ0v) is 50.0. The highest BCUT2D eigenvalue weighted by Crippen LogP contribution is 2.29. The molecule has 1 saturated heterocycles.